The average molecular weight is 165 g/mol. The monoisotopic (exact) mass is 164 g/mol. The highest BCUT2D eigenvalue weighted by atomic mass is 35.5. The fourth-order valence-corrected chi connectivity index (χ4v) is 0.977. The SMILES string of the molecule is C[C@H]1NCCN(C)C1=O.Cl. The Morgan fingerprint density at radius 1 is 1.70 bits per heavy atom. The minimum absolute atomic E-state index is 0. The molecule has 1 saturated heterocycles. The molecule has 0 aromatic rings. The maximum absolute atomic E-state index is 11.0. The second kappa shape index (κ2) is 3.78. The number of nitrogens with one attached hydrogen (secondary N) is 1. The lowest BCUT2D eigenvalue weighted by Gasteiger charge is -2.27. The number of hydrogen-bond donors (Lipinski definition) is 1. The lowest BCUT2D eigenvalue weighted by Crippen LogP contribution is -2.51. The molecule has 0 spiro atoms. The van der Waals surface area contributed by atoms with Crippen molar-refractivity contribution in [1.82, 2.24) is 10.2 Å². The van der Waals surface area contributed by atoms with Crippen LogP contribution in [0.3, 0.4) is 0 Å². The van der Waals surface area contributed by atoms with Gasteiger partial charge < -0.3 is 10.2 Å². The van der Waals surface area contributed by atoms with Crippen molar-refractivity contribution < 1.29 is 4.79 Å². The maximum Gasteiger partial charge on any atom is 0.239 e. The zero-order valence-electron chi connectivity index (χ0n) is 6.26. The van der Waals surface area contributed by atoms with Gasteiger partial charge in [-0.15, -0.1) is 12.4 Å². The molecule has 1 aliphatic heterocycles. The van der Waals surface area contributed by atoms with Crippen LogP contribution in [0.4, 0.5) is 0 Å². The smallest absolute Gasteiger partial charge is 0.239 e. The van der Waals surface area contributed by atoms with Crippen LogP contribution in [0.1, 0.15) is 6.92 Å². The van der Waals surface area contributed by atoms with Gasteiger partial charge in [-0.05, 0) is 6.92 Å². The number of halogens is 1. The molecule has 1 atom stereocenters. The van der Waals surface area contributed by atoms with Crippen LogP contribution in [-0.4, -0.2) is 37.0 Å². The quantitative estimate of drug-likeness (QED) is 0.541. The molecule has 0 aliphatic carbocycles. The van der Waals surface area contributed by atoms with E-state index in [0.717, 1.165) is 13.1 Å². The van der Waals surface area contributed by atoms with Crippen molar-refractivity contribution in [2.75, 3.05) is 20.1 Å². The van der Waals surface area contributed by atoms with E-state index in [1.807, 2.05) is 14.0 Å². The minimum atomic E-state index is 0. The highest BCUT2D eigenvalue weighted by Gasteiger charge is 2.20. The molecular formula is C6H13ClN2O. The Balaban J connectivity index is 0.000000810. The molecule has 1 amide bonds. The minimum Gasteiger partial charge on any atom is -0.343 e. The molecule has 10 heavy (non-hydrogen) atoms. The van der Waals surface area contributed by atoms with Crippen LogP contribution in [0, 0.1) is 0 Å². The summed E-state index contributed by atoms with van der Waals surface area (Å²) < 4.78 is 0. The van der Waals surface area contributed by atoms with E-state index in [0.29, 0.717) is 0 Å². The molecule has 0 bridgehead atoms. The van der Waals surface area contributed by atoms with Gasteiger partial charge in [0, 0.05) is 20.1 Å². The van der Waals surface area contributed by atoms with E-state index in [1.165, 1.54) is 0 Å². The predicted molar refractivity (Wildman–Crippen MR) is 42.3 cm³/mol. The molecule has 0 saturated carbocycles. The summed E-state index contributed by atoms with van der Waals surface area (Å²) in [5.41, 5.74) is 0. The van der Waals surface area contributed by atoms with Gasteiger partial charge in [-0.2, -0.15) is 0 Å². The number of nitrogens with zero attached hydrogens (tertiary/aromatic N) is 1. The molecule has 0 aromatic carbocycles. The van der Waals surface area contributed by atoms with Crippen molar-refractivity contribution in [2.45, 2.75) is 13.0 Å². The molecule has 0 radical (unpaired) electrons. The number of hydrogen-bond acceptors (Lipinski definition) is 2. The summed E-state index contributed by atoms with van der Waals surface area (Å²) in [7, 11) is 1.83. The number of carbonyl (C=O) groups is 1. The summed E-state index contributed by atoms with van der Waals surface area (Å²) >= 11 is 0. The third-order valence-corrected chi connectivity index (χ3v) is 1.64. The Labute approximate surface area is 67.2 Å². The van der Waals surface area contributed by atoms with E-state index >= 15 is 0 Å². The van der Waals surface area contributed by atoms with Gasteiger partial charge in [0.15, 0.2) is 0 Å². The number of likely N-dealkylation sites (N-methyl/N-ethyl adjacent to an activating group) is 1. The van der Waals surface area contributed by atoms with Crippen molar-refractivity contribution in [3.63, 3.8) is 0 Å². The Hall–Kier alpha value is -0.280. The van der Waals surface area contributed by atoms with E-state index in [4.69, 9.17) is 0 Å². The first-order chi connectivity index (χ1) is 4.22. The van der Waals surface area contributed by atoms with Crippen LogP contribution < -0.4 is 5.32 Å². The molecule has 60 valence electrons. The number of piperazine rings is 1. The first-order valence-electron chi connectivity index (χ1n) is 3.20. The van der Waals surface area contributed by atoms with Crippen LogP contribution in [-0.2, 0) is 4.79 Å². The van der Waals surface area contributed by atoms with Crippen LogP contribution in [0.5, 0.6) is 0 Å². The standard InChI is InChI=1S/C6H12N2O.ClH/c1-5-6(9)8(2)4-3-7-5;/h5,7H,3-4H2,1-2H3;1H/t5-;/m1./s1. The van der Waals surface area contributed by atoms with Gasteiger partial charge in [-0.3, -0.25) is 4.79 Å². The van der Waals surface area contributed by atoms with Crippen LogP contribution in [0.25, 0.3) is 0 Å². The fraction of sp³-hybridized carbons (Fsp3) is 0.833. The predicted octanol–water partition coefficient (Wildman–Crippen LogP) is -0.142. The zero-order valence-corrected chi connectivity index (χ0v) is 7.07. The second-order valence-corrected chi connectivity index (χ2v) is 2.44. The van der Waals surface area contributed by atoms with Crippen molar-refractivity contribution >= 4 is 18.3 Å². The molecule has 1 fully saturated rings. The van der Waals surface area contributed by atoms with Gasteiger partial charge in [0.1, 0.15) is 0 Å². The Kier molecular flexibility index (Phi) is 3.68. The van der Waals surface area contributed by atoms with Crippen molar-refractivity contribution in [3.05, 3.63) is 0 Å². The zero-order chi connectivity index (χ0) is 6.85. The molecule has 0 aromatic heterocycles. The van der Waals surface area contributed by atoms with Gasteiger partial charge in [0.25, 0.3) is 0 Å². The first kappa shape index (κ1) is 9.72. The highest BCUT2D eigenvalue weighted by Crippen LogP contribution is 1.95. The van der Waals surface area contributed by atoms with Gasteiger partial charge in [0.05, 0.1) is 6.04 Å². The number of amides is 1. The van der Waals surface area contributed by atoms with Gasteiger partial charge in [0.2, 0.25) is 5.91 Å². The van der Waals surface area contributed by atoms with Gasteiger partial charge in [-0.25, -0.2) is 0 Å². The van der Waals surface area contributed by atoms with Crippen LogP contribution >= 0.6 is 12.4 Å². The van der Waals surface area contributed by atoms with E-state index in [2.05, 4.69) is 5.32 Å². The van der Waals surface area contributed by atoms with Crippen LogP contribution in [0.2, 0.25) is 0 Å². The summed E-state index contributed by atoms with van der Waals surface area (Å²) in [6.07, 6.45) is 0. The van der Waals surface area contributed by atoms with E-state index in [9.17, 15) is 4.79 Å². The Morgan fingerprint density at radius 2 is 2.30 bits per heavy atom. The van der Waals surface area contributed by atoms with Gasteiger partial charge in [-0.1, -0.05) is 0 Å². The van der Waals surface area contributed by atoms with Crippen molar-refractivity contribution in [1.29, 1.82) is 0 Å². The average Bonchev–Trinajstić information content (AvgIpc) is 1.83. The largest absolute Gasteiger partial charge is 0.343 e. The van der Waals surface area contributed by atoms with Crippen molar-refractivity contribution in [2.24, 2.45) is 0 Å². The Morgan fingerprint density at radius 3 is 2.70 bits per heavy atom. The summed E-state index contributed by atoms with van der Waals surface area (Å²) in [5, 5.41) is 3.07. The van der Waals surface area contributed by atoms with E-state index in [1.54, 1.807) is 4.90 Å². The second-order valence-electron chi connectivity index (χ2n) is 2.44. The molecule has 0 unspecified atom stereocenters. The third-order valence-electron chi connectivity index (χ3n) is 1.64. The van der Waals surface area contributed by atoms with Crippen molar-refractivity contribution in [3.8, 4) is 0 Å². The lowest BCUT2D eigenvalue weighted by molar-refractivity contribution is -0.133. The van der Waals surface area contributed by atoms with E-state index < -0.39 is 0 Å². The summed E-state index contributed by atoms with van der Waals surface area (Å²) in [6, 6.07) is 0.0174. The summed E-state index contributed by atoms with van der Waals surface area (Å²) in [4.78, 5) is 12.7. The Bertz CT molecular complexity index is 117. The van der Waals surface area contributed by atoms with E-state index in [-0.39, 0.29) is 24.4 Å². The number of rotatable bonds is 0. The molecule has 4 heteroatoms. The maximum atomic E-state index is 11.0. The third kappa shape index (κ3) is 1.85. The topological polar surface area (TPSA) is 32.3 Å². The summed E-state index contributed by atoms with van der Waals surface area (Å²) in [5.74, 6) is 0.196. The van der Waals surface area contributed by atoms with Crippen LogP contribution in [0.15, 0.2) is 0 Å². The molecule has 1 heterocycles. The van der Waals surface area contributed by atoms with Gasteiger partial charge >= 0.3 is 0 Å². The fourth-order valence-electron chi connectivity index (χ4n) is 0.977. The summed E-state index contributed by atoms with van der Waals surface area (Å²) in [6.45, 7) is 3.64. The highest BCUT2D eigenvalue weighted by molar-refractivity contribution is 5.85. The first-order valence-corrected chi connectivity index (χ1v) is 3.20. The number of carbonyl (C=O) groups excluding carboxylic acids is 1. The molecule has 1 N–H and O–H groups in total. The molecule has 1 rings (SSSR count). The lowest BCUT2D eigenvalue weighted by atomic mass is 10.2. The molecule has 3 nitrogen and oxygen atoms in total. The normalized spacial score (nSPS) is 26.0. The molecular weight excluding hydrogens is 152 g/mol. The molecule has 1 aliphatic rings.